The molecule has 0 amide bonds. The second-order valence-electron chi connectivity index (χ2n) is 7.73. The predicted molar refractivity (Wildman–Crippen MR) is 113 cm³/mol. The molecule has 0 saturated heterocycles. The Morgan fingerprint density at radius 3 is 2.83 bits per heavy atom. The maximum atomic E-state index is 13.3. The van der Waals surface area contributed by atoms with Crippen LogP contribution in [0.3, 0.4) is 0 Å². The lowest BCUT2D eigenvalue weighted by Crippen LogP contribution is -2.27. The van der Waals surface area contributed by atoms with E-state index in [2.05, 4.69) is 27.4 Å². The highest BCUT2D eigenvalue weighted by Crippen LogP contribution is 2.31. The average Bonchev–Trinajstić information content (AvgIpc) is 3.31. The average molecular weight is 412 g/mol. The van der Waals surface area contributed by atoms with E-state index >= 15 is 0 Å². The Bertz CT molecular complexity index is 1150. The first-order valence-corrected chi connectivity index (χ1v) is 10.7. The second kappa shape index (κ2) is 7.68. The molecule has 4 aromatic rings. The van der Waals surface area contributed by atoms with Crippen LogP contribution in [0.2, 0.25) is 0 Å². The summed E-state index contributed by atoms with van der Waals surface area (Å²) < 4.78 is 16.4. The Balaban J connectivity index is 1.32. The summed E-state index contributed by atoms with van der Waals surface area (Å²) in [5, 5.41) is 13.8. The minimum absolute atomic E-state index is 0.299. The molecule has 6 nitrogen and oxygen atoms in total. The van der Waals surface area contributed by atoms with Gasteiger partial charge >= 0.3 is 0 Å². The molecule has 2 N–H and O–H groups in total. The number of rotatable bonds is 5. The number of nitrogens with one attached hydrogen (secondary N) is 1. The van der Waals surface area contributed by atoms with Crippen LogP contribution < -0.4 is 5.32 Å². The zero-order valence-corrected chi connectivity index (χ0v) is 16.7. The highest BCUT2D eigenvalue weighted by molar-refractivity contribution is 7.22. The molecule has 5 rings (SSSR count). The number of aromatic nitrogens is 4. The molecule has 8 heteroatoms. The van der Waals surface area contributed by atoms with E-state index in [-0.39, 0.29) is 5.82 Å². The normalized spacial score (nSPS) is 19.8. The molecule has 3 heterocycles. The van der Waals surface area contributed by atoms with Crippen LogP contribution >= 0.6 is 11.3 Å². The molecule has 0 unspecified atom stereocenters. The van der Waals surface area contributed by atoms with Gasteiger partial charge in [0.05, 0.1) is 29.3 Å². The summed E-state index contributed by atoms with van der Waals surface area (Å²) in [6, 6.07) is 8.09. The molecule has 0 aliphatic heterocycles. The van der Waals surface area contributed by atoms with Crippen molar-refractivity contribution < 1.29 is 9.50 Å². The van der Waals surface area contributed by atoms with Crippen molar-refractivity contribution in [2.45, 2.75) is 38.3 Å². The summed E-state index contributed by atoms with van der Waals surface area (Å²) in [5.41, 5.74) is 3.35. The Labute approximate surface area is 171 Å². The third-order valence-corrected chi connectivity index (χ3v) is 6.61. The van der Waals surface area contributed by atoms with Crippen LogP contribution in [0.5, 0.6) is 0 Å². The van der Waals surface area contributed by atoms with Crippen LogP contribution in [-0.2, 0) is 6.54 Å². The van der Waals surface area contributed by atoms with Crippen LogP contribution in [0, 0.1) is 11.7 Å². The molecular formula is C21H22FN5OS. The SMILES string of the molecule is OCC1CCC(Nc2nc3ccc(Cn4cnc5cc(F)cnc54)cc3s2)CC1. The van der Waals surface area contributed by atoms with E-state index in [1.165, 1.54) is 12.3 Å². The summed E-state index contributed by atoms with van der Waals surface area (Å²) in [5.74, 6) is 0.0786. The van der Waals surface area contributed by atoms with Crippen LogP contribution in [0.25, 0.3) is 21.4 Å². The smallest absolute Gasteiger partial charge is 0.184 e. The lowest BCUT2D eigenvalue weighted by Gasteiger charge is -2.27. The van der Waals surface area contributed by atoms with E-state index < -0.39 is 0 Å². The molecule has 1 aromatic carbocycles. The van der Waals surface area contributed by atoms with Crippen molar-refractivity contribution in [1.82, 2.24) is 19.5 Å². The van der Waals surface area contributed by atoms with E-state index in [9.17, 15) is 9.50 Å². The zero-order chi connectivity index (χ0) is 19.8. The van der Waals surface area contributed by atoms with Crippen molar-refractivity contribution in [3.8, 4) is 0 Å². The largest absolute Gasteiger partial charge is 0.396 e. The number of hydrogen-bond acceptors (Lipinski definition) is 6. The second-order valence-corrected chi connectivity index (χ2v) is 8.77. The number of thiazole rings is 1. The van der Waals surface area contributed by atoms with Crippen molar-refractivity contribution in [3.05, 3.63) is 48.2 Å². The zero-order valence-electron chi connectivity index (χ0n) is 15.9. The first-order valence-electron chi connectivity index (χ1n) is 9.91. The number of aliphatic hydroxyl groups excluding tert-OH is 1. The molecule has 1 aliphatic carbocycles. The third kappa shape index (κ3) is 3.82. The summed E-state index contributed by atoms with van der Waals surface area (Å²) >= 11 is 1.67. The van der Waals surface area contributed by atoms with Gasteiger partial charge < -0.3 is 15.0 Å². The molecule has 150 valence electrons. The Kier molecular flexibility index (Phi) is 4.89. The van der Waals surface area contributed by atoms with Gasteiger partial charge in [-0.2, -0.15) is 0 Å². The molecule has 3 aromatic heterocycles. The molecule has 0 atom stereocenters. The van der Waals surface area contributed by atoms with Crippen LogP contribution in [-0.4, -0.2) is 37.3 Å². The number of pyridine rings is 1. The third-order valence-electron chi connectivity index (χ3n) is 5.66. The van der Waals surface area contributed by atoms with E-state index in [1.54, 1.807) is 17.7 Å². The quantitative estimate of drug-likeness (QED) is 0.515. The van der Waals surface area contributed by atoms with Gasteiger partial charge in [-0.25, -0.2) is 19.3 Å². The van der Waals surface area contributed by atoms with E-state index in [0.717, 1.165) is 46.6 Å². The summed E-state index contributed by atoms with van der Waals surface area (Å²) in [6.45, 7) is 0.921. The van der Waals surface area contributed by atoms with Crippen molar-refractivity contribution >= 4 is 37.8 Å². The van der Waals surface area contributed by atoms with Gasteiger partial charge in [0.25, 0.3) is 0 Å². The van der Waals surface area contributed by atoms with Crippen molar-refractivity contribution in [3.63, 3.8) is 0 Å². The number of aliphatic hydroxyl groups is 1. The Hall–Kier alpha value is -2.58. The highest BCUT2D eigenvalue weighted by atomic mass is 32.1. The number of hydrogen-bond donors (Lipinski definition) is 2. The Morgan fingerprint density at radius 1 is 1.14 bits per heavy atom. The number of nitrogens with zero attached hydrogens (tertiary/aromatic N) is 4. The molecule has 0 bridgehead atoms. The fourth-order valence-electron chi connectivity index (χ4n) is 4.03. The maximum absolute atomic E-state index is 13.3. The fraction of sp³-hybridized carbons (Fsp3) is 0.381. The Morgan fingerprint density at radius 2 is 2.00 bits per heavy atom. The van der Waals surface area contributed by atoms with Crippen LogP contribution in [0.4, 0.5) is 9.52 Å². The summed E-state index contributed by atoms with van der Waals surface area (Å²) in [4.78, 5) is 13.1. The summed E-state index contributed by atoms with van der Waals surface area (Å²) in [6.07, 6.45) is 7.21. The van der Waals surface area contributed by atoms with Gasteiger partial charge in [0, 0.05) is 18.7 Å². The van der Waals surface area contributed by atoms with Crippen LogP contribution in [0.1, 0.15) is 31.2 Å². The maximum Gasteiger partial charge on any atom is 0.184 e. The predicted octanol–water partition coefficient (Wildman–Crippen LogP) is 4.19. The van der Waals surface area contributed by atoms with Gasteiger partial charge in [0.15, 0.2) is 10.8 Å². The van der Waals surface area contributed by atoms with Gasteiger partial charge in [-0.1, -0.05) is 17.4 Å². The first kappa shape index (κ1) is 18.4. The number of imidazole rings is 1. The topological polar surface area (TPSA) is 75.9 Å². The molecule has 1 saturated carbocycles. The van der Waals surface area contributed by atoms with Crippen molar-refractivity contribution in [2.24, 2.45) is 5.92 Å². The van der Waals surface area contributed by atoms with Gasteiger partial charge in [-0.3, -0.25) is 0 Å². The van der Waals surface area contributed by atoms with Crippen LogP contribution in [0.15, 0.2) is 36.8 Å². The van der Waals surface area contributed by atoms with Crippen molar-refractivity contribution in [1.29, 1.82) is 0 Å². The lowest BCUT2D eigenvalue weighted by atomic mass is 9.87. The molecule has 0 radical (unpaired) electrons. The van der Waals surface area contributed by atoms with E-state index in [0.29, 0.717) is 36.3 Å². The standard InChI is InChI=1S/C21H22FN5OS/c22-15-8-18-20(23-9-15)27(12-24-18)10-14-3-6-17-19(7-14)29-21(26-17)25-16-4-1-13(11-28)2-5-16/h3,6-9,12-13,16,28H,1-2,4-5,10-11H2,(H,25,26). The van der Waals surface area contributed by atoms with Gasteiger partial charge in [0.2, 0.25) is 0 Å². The molecular weight excluding hydrogens is 389 g/mol. The molecule has 29 heavy (non-hydrogen) atoms. The minimum atomic E-state index is -0.376. The molecule has 0 spiro atoms. The number of anilines is 1. The highest BCUT2D eigenvalue weighted by Gasteiger charge is 2.21. The minimum Gasteiger partial charge on any atom is -0.396 e. The fourth-order valence-corrected chi connectivity index (χ4v) is 5.04. The van der Waals surface area contributed by atoms with Gasteiger partial charge in [0.1, 0.15) is 11.3 Å². The summed E-state index contributed by atoms with van der Waals surface area (Å²) in [7, 11) is 0. The molecule has 1 fully saturated rings. The molecule has 1 aliphatic rings. The van der Waals surface area contributed by atoms with Gasteiger partial charge in [-0.05, 0) is 49.3 Å². The van der Waals surface area contributed by atoms with E-state index in [1.807, 2.05) is 10.6 Å². The van der Waals surface area contributed by atoms with Crippen molar-refractivity contribution in [2.75, 3.05) is 11.9 Å². The van der Waals surface area contributed by atoms with E-state index in [4.69, 9.17) is 4.98 Å². The number of halogens is 1. The number of fused-ring (bicyclic) bond motifs is 2. The first-order chi connectivity index (χ1) is 14.2. The number of benzene rings is 1. The van der Waals surface area contributed by atoms with Gasteiger partial charge in [-0.15, -0.1) is 0 Å². The lowest BCUT2D eigenvalue weighted by molar-refractivity contribution is 0.186. The monoisotopic (exact) mass is 411 g/mol.